The van der Waals surface area contributed by atoms with Gasteiger partial charge in [0.1, 0.15) is 11.7 Å². The SMILES string of the molecule is C=C(NCC(=C)N1CC(C)(F)CC1C#N)c1ccnc2ccc(C(C)(C)CCCC(C)(C)C3CCN(C)CC3)cc12. The third-order valence-corrected chi connectivity index (χ3v) is 9.85. The lowest BCUT2D eigenvalue weighted by Gasteiger charge is -2.40. The van der Waals surface area contributed by atoms with Crippen molar-refractivity contribution in [3.63, 3.8) is 0 Å². The summed E-state index contributed by atoms with van der Waals surface area (Å²) in [7, 11) is 2.24. The van der Waals surface area contributed by atoms with Crippen molar-refractivity contribution in [3.05, 3.63) is 60.4 Å². The molecule has 6 heteroatoms. The molecular formula is C35H50FN5. The topological polar surface area (TPSA) is 55.2 Å². The van der Waals surface area contributed by atoms with Crippen LogP contribution in [0.1, 0.15) is 84.3 Å². The standard InChI is InChI=1S/C35H50FN5/c1-25(41-24-35(7,36)21-29(41)22-37)23-39-26(2)30-12-17-38-32-11-10-28(20-31(30)32)34(5,6)16-9-15-33(3,4)27-13-18-40(8)19-14-27/h10-12,17,20,27,29,39H,1-2,9,13-16,18-19,21,23-24H2,3-8H3. The molecule has 2 atom stereocenters. The van der Waals surface area contributed by atoms with E-state index >= 15 is 0 Å². The summed E-state index contributed by atoms with van der Waals surface area (Å²) in [6.45, 7) is 22.7. The van der Waals surface area contributed by atoms with E-state index in [2.05, 4.69) is 87.4 Å². The Kier molecular flexibility index (Phi) is 9.19. The molecule has 0 radical (unpaired) electrons. The van der Waals surface area contributed by atoms with E-state index in [4.69, 9.17) is 0 Å². The lowest BCUT2D eigenvalue weighted by atomic mass is 9.69. The largest absolute Gasteiger partial charge is 0.379 e. The van der Waals surface area contributed by atoms with Crippen molar-refractivity contribution >= 4 is 16.6 Å². The van der Waals surface area contributed by atoms with Gasteiger partial charge in [0.2, 0.25) is 0 Å². The van der Waals surface area contributed by atoms with Crippen LogP contribution in [-0.4, -0.2) is 59.7 Å². The first-order valence-electron chi connectivity index (χ1n) is 15.3. The zero-order valence-corrected chi connectivity index (χ0v) is 26.2. The number of likely N-dealkylation sites (tertiary alicyclic amines) is 2. The van der Waals surface area contributed by atoms with Crippen LogP contribution in [0, 0.1) is 22.7 Å². The molecular weight excluding hydrogens is 509 g/mol. The molecule has 0 bridgehead atoms. The minimum atomic E-state index is -1.38. The molecule has 2 aliphatic heterocycles. The normalized spacial score (nSPS) is 22.6. The Labute approximate surface area is 247 Å². The minimum absolute atomic E-state index is 0.0360. The van der Waals surface area contributed by atoms with Crippen molar-refractivity contribution in [2.24, 2.45) is 11.3 Å². The smallest absolute Gasteiger partial charge is 0.128 e. The predicted molar refractivity (Wildman–Crippen MR) is 169 cm³/mol. The number of piperidine rings is 1. The van der Waals surface area contributed by atoms with Crippen molar-refractivity contribution in [1.29, 1.82) is 5.26 Å². The fraction of sp³-hybridized carbons (Fsp3) is 0.600. The number of halogens is 1. The van der Waals surface area contributed by atoms with Crippen LogP contribution >= 0.6 is 0 Å². The number of pyridine rings is 1. The summed E-state index contributed by atoms with van der Waals surface area (Å²) in [5, 5.41) is 14.0. The van der Waals surface area contributed by atoms with Gasteiger partial charge >= 0.3 is 0 Å². The van der Waals surface area contributed by atoms with Crippen molar-refractivity contribution in [2.75, 3.05) is 33.2 Å². The van der Waals surface area contributed by atoms with Gasteiger partial charge in [0.05, 0.1) is 24.7 Å². The molecule has 2 aromatic rings. The van der Waals surface area contributed by atoms with Crippen LogP contribution in [0.4, 0.5) is 4.39 Å². The van der Waals surface area contributed by atoms with E-state index in [1.165, 1.54) is 44.3 Å². The van der Waals surface area contributed by atoms with Crippen LogP contribution in [0.2, 0.25) is 0 Å². The molecule has 3 heterocycles. The number of nitrogens with one attached hydrogen (secondary N) is 1. The van der Waals surface area contributed by atoms with Crippen LogP contribution in [0.3, 0.4) is 0 Å². The molecule has 222 valence electrons. The van der Waals surface area contributed by atoms with Gasteiger partial charge in [-0.3, -0.25) is 4.98 Å². The number of aromatic nitrogens is 1. The van der Waals surface area contributed by atoms with Gasteiger partial charge < -0.3 is 15.1 Å². The monoisotopic (exact) mass is 559 g/mol. The molecule has 0 amide bonds. The highest BCUT2D eigenvalue weighted by Gasteiger charge is 2.41. The number of alkyl halides is 1. The van der Waals surface area contributed by atoms with E-state index in [1.54, 1.807) is 11.8 Å². The van der Waals surface area contributed by atoms with Crippen LogP contribution < -0.4 is 5.32 Å². The number of rotatable bonds is 11. The third-order valence-electron chi connectivity index (χ3n) is 9.85. The first-order chi connectivity index (χ1) is 19.2. The summed E-state index contributed by atoms with van der Waals surface area (Å²) in [6.07, 6.45) is 8.23. The zero-order valence-electron chi connectivity index (χ0n) is 26.2. The molecule has 0 spiro atoms. The molecule has 2 aliphatic rings. The minimum Gasteiger partial charge on any atom is -0.379 e. The maximum atomic E-state index is 14.6. The first-order valence-corrected chi connectivity index (χ1v) is 15.3. The Morgan fingerprint density at radius 2 is 1.88 bits per heavy atom. The van der Waals surface area contributed by atoms with Crippen LogP contribution in [0.15, 0.2) is 49.3 Å². The third kappa shape index (κ3) is 7.30. The van der Waals surface area contributed by atoms with Gasteiger partial charge in [-0.25, -0.2) is 4.39 Å². The molecule has 41 heavy (non-hydrogen) atoms. The van der Waals surface area contributed by atoms with Crippen LogP contribution in [0.5, 0.6) is 0 Å². The highest BCUT2D eigenvalue weighted by Crippen LogP contribution is 2.41. The molecule has 1 aromatic carbocycles. The number of benzene rings is 1. The lowest BCUT2D eigenvalue weighted by molar-refractivity contribution is 0.103. The lowest BCUT2D eigenvalue weighted by Crippen LogP contribution is -2.37. The average Bonchev–Trinajstić information content (AvgIpc) is 3.25. The van der Waals surface area contributed by atoms with Crippen molar-refractivity contribution < 1.29 is 4.39 Å². The summed E-state index contributed by atoms with van der Waals surface area (Å²) in [5.74, 6) is 0.809. The van der Waals surface area contributed by atoms with E-state index in [0.717, 1.165) is 34.5 Å². The Bertz CT molecular complexity index is 1300. The number of hydrogen-bond acceptors (Lipinski definition) is 5. The maximum Gasteiger partial charge on any atom is 0.128 e. The fourth-order valence-corrected chi connectivity index (χ4v) is 6.85. The Morgan fingerprint density at radius 1 is 1.17 bits per heavy atom. The van der Waals surface area contributed by atoms with Gasteiger partial charge in [0.15, 0.2) is 0 Å². The summed E-state index contributed by atoms with van der Waals surface area (Å²) >= 11 is 0. The molecule has 1 aromatic heterocycles. The zero-order chi connectivity index (χ0) is 30.0. The average molecular weight is 560 g/mol. The van der Waals surface area contributed by atoms with Crippen molar-refractivity contribution in [3.8, 4) is 6.07 Å². The quantitative estimate of drug-likeness (QED) is 0.310. The van der Waals surface area contributed by atoms with E-state index < -0.39 is 11.7 Å². The van der Waals surface area contributed by atoms with Crippen LogP contribution in [0.25, 0.3) is 16.6 Å². The molecule has 1 N–H and O–H groups in total. The molecule has 2 saturated heterocycles. The van der Waals surface area contributed by atoms with E-state index in [0.29, 0.717) is 17.7 Å². The Morgan fingerprint density at radius 3 is 2.56 bits per heavy atom. The number of fused-ring (bicyclic) bond motifs is 1. The Hall–Kier alpha value is -2.91. The van der Waals surface area contributed by atoms with E-state index in [-0.39, 0.29) is 18.4 Å². The molecule has 5 nitrogen and oxygen atoms in total. The molecule has 2 unspecified atom stereocenters. The highest BCUT2D eigenvalue weighted by molar-refractivity contribution is 5.91. The molecule has 0 saturated carbocycles. The highest BCUT2D eigenvalue weighted by atomic mass is 19.1. The summed E-state index contributed by atoms with van der Waals surface area (Å²) < 4.78 is 14.6. The fourth-order valence-electron chi connectivity index (χ4n) is 6.85. The second kappa shape index (κ2) is 12.1. The number of nitriles is 1. The van der Waals surface area contributed by atoms with Crippen molar-refractivity contribution in [1.82, 2.24) is 20.1 Å². The molecule has 4 rings (SSSR count). The van der Waals surface area contributed by atoms with Crippen molar-refractivity contribution in [2.45, 2.75) is 90.3 Å². The molecule has 0 aliphatic carbocycles. The summed E-state index contributed by atoms with van der Waals surface area (Å²) in [4.78, 5) is 8.85. The van der Waals surface area contributed by atoms with Gasteiger partial charge in [-0.2, -0.15) is 5.26 Å². The number of nitrogens with zero attached hydrogens (tertiary/aromatic N) is 4. The Balaban J connectivity index is 1.42. The summed E-state index contributed by atoms with van der Waals surface area (Å²) in [6, 6.07) is 10.3. The van der Waals surface area contributed by atoms with Gasteiger partial charge in [0.25, 0.3) is 0 Å². The second-order valence-corrected chi connectivity index (χ2v) is 14.2. The van der Waals surface area contributed by atoms with Gasteiger partial charge in [0, 0.05) is 35.0 Å². The molecule has 2 fully saturated rings. The van der Waals surface area contributed by atoms with E-state index in [9.17, 15) is 9.65 Å². The number of hydrogen-bond donors (Lipinski definition) is 1. The summed E-state index contributed by atoms with van der Waals surface area (Å²) in [5.41, 5.74) is 3.73. The first kappa shape index (κ1) is 31.0. The second-order valence-electron chi connectivity index (χ2n) is 14.2. The van der Waals surface area contributed by atoms with Crippen LogP contribution in [-0.2, 0) is 5.41 Å². The van der Waals surface area contributed by atoms with Gasteiger partial charge in [-0.1, -0.05) is 53.3 Å². The maximum absolute atomic E-state index is 14.6. The van der Waals surface area contributed by atoms with E-state index in [1.807, 2.05) is 12.3 Å². The van der Waals surface area contributed by atoms with Gasteiger partial charge in [-0.15, -0.1) is 0 Å². The van der Waals surface area contributed by atoms with Gasteiger partial charge in [-0.05, 0) is 93.3 Å². The predicted octanol–water partition coefficient (Wildman–Crippen LogP) is 7.45.